The van der Waals surface area contributed by atoms with Gasteiger partial charge in [-0.1, -0.05) is 24.3 Å². The van der Waals surface area contributed by atoms with E-state index in [9.17, 15) is 4.79 Å². The lowest BCUT2D eigenvalue weighted by atomic mass is 10.2. The Morgan fingerprint density at radius 3 is 2.70 bits per heavy atom. The zero-order valence-corrected chi connectivity index (χ0v) is 12.2. The van der Waals surface area contributed by atoms with Crippen LogP contribution in [0, 0.1) is 0 Å². The molecule has 2 heterocycles. The molecule has 4 rings (SSSR count). The lowest BCUT2D eigenvalue weighted by Gasteiger charge is -2.01. The van der Waals surface area contributed by atoms with Gasteiger partial charge in [-0.05, 0) is 29.8 Å². The van der Waals surface area contributed by atoms with Crippen LogP contribution >= 0.6 is 0 Å². The average molecular weight is 306 g/mol. The average Bonchev–Trinajstić information content (AvgIpc) is 2.85. The van der Waals surface area contributed by atoms with Gasteiger partial charge in [0.15, 0.2) is 5.65 Å². The summed E-state index contributed by atoms with van der Waals surface area (Å²) < 4.78 is 2.70. The number of anilines is 2. The predicted molar refractivity (Wildman–Crippen MR) is 89.1 cm³/mol. The number of fused-ring (bicyclic) bond motifs is 3. The number of benzene rings is 2. The van der Waals surface area contributed by atoms with Gasteiger partial charge < -0.3 is 11.5 Å². The summed E-state index contributed by atoms with van der Waals surface area (Å²) in [5.41, 5.74) is 14.1. The van der Waals surface area contributed by atoms with Crippen LogP contribution in [-0.4, -0.2) is 19.2 Å². The summed E-state index contributed by atoms with van der Waals surface area (Å²) in [5, 5.41) is 5.22. The lowest BCUT2D eigenvalue weighted by Crippen LogP contribution is -2.23. The normalized spacial score (nSPS) is 11.3. The molecule has 0 radical (unpaired) electrons. The number of nitrogen functional groups attached to an aromatic ring is 2. The summed E-state index contributed by atoms with van der Waals surface area (Å²) in [6, 6.07) is 14.8. The van der Waals surface area contributed by atoms with E-state index in [0.717, 1.165) is 10.9 Å². The SMILES string of the molecule is Nc1cccc(Cn2nc3c4ccccc4nc(N)n3c2=O)c1. The maximum Gasteiger partial charge on any atom is 0.353 e. The van der Waals surface area contributed by atoms with Crippen molar-refractivity contribution in [3.63, 3.8) is 0 Å². The van der Waals surface area contributed by atoms with Gasteiger partial charge in [0.25, 0.3) is 0 Å². The standard InChI is InChI=1S/C16H14N6O/c17-11-5-3-4-10(8-11)9-21-16(23)22-14(20-21)12-6-1-2-7-13(12)19-15(22)18/h1-8H,9,17H2,(H2,18,19). The molecule has 0 aliphatic rings. The van der Waals surface area contributed by atoms with E-state index in [2.05, 4.69) is 10.1 Å². The monoisotopic (exact) mass is 306 g/mol. The highest BCUT2D eigenvalue weighted by atomic mass is 16.2. The smallest absolute Gasteiger partial charge is 0.353 e. The van der Waals surface area contributed by atoms with Crippen LogP contribution in [0.3, 0.4) is 0 Å². The van der Waals surface area contributed by atoms with Crippen LogP contribution in [0.1, 0.15) is 5.56 Å². The van der Waals surface area contributed by atoms with Crippen LogP contribution in [0.5, 0.6) is 0 Å². The van der Waals surface area contributed by atoms with Gasteiger partial charge in [-0.3, -0.25) is 0 Å². The van der Waals surface area contributed by atoms with Crippen molar-refractivity contribution in [1.82, 2.24) is 19.2 Å². The van der Waals surface area contributed by atoms with Crippen molar-refractivity contribution >= 4 is 28.2 Å². The van der Waals surface area contributed by atoms with E-state index in [1.807, 2.05) is 42.5 Å². The number of rotatable bonds is 2. The summed E-state index contributed by atoms with van der Waals surface area (Å²) in [6.45, 7) is 0.319. The molecular weight excluding hydrogens is 292 g/mol. The first kappa shape index (κ1) is 13.3. The van der Waals surface area contributed by atoms with Crippen molar-refractivity contribution in [3.05, 3.63) is 64.6 Å². The molecule has 2 aromatic carbocycles. The van der Waals surface area contributed by atoms with Crippen LogP contribution < -0.4 is 17.2 Å². The summed E-state index contributed by atoms with van der Waals surface area (Å²) in [6.07, 6.45) is 0. The third-order valence-corrected chi connectivity index (χ3v) is 3.73. The summed E-state index contributed by atoms with van der Waals surface area (Å²) in [5.74, 6) is 0.127. The minimum atomic E-state index is -0.321. The third kappa shape index (κ3) is 2.10. The molecular formula is C16H14N6O. The molecule has 0 bridgehead atoms. The second kappa shape index (κ2) is 4.84. The molecule has 4 aromatic rings. The molecule has 0 saturated heterocycles. The van der Waals surface area contributed by atoms with Crippen molar-refractivity contribution in [1.29, 1.82) is 0 Å². The fraction of sp³-hybridized carbons (Fsp3) is 0.0625. The molecule has 0 fully saturated rings. The number of hydrogen-bond donors (Lipinski definition) is 2. The quantitative estimate of drug-likeness (QED) is 0.542. The highest BCUT2D eigenvalue weighted by molar-refractivity contribution is 5.91. The first-order valence-corrected chi connectivity index (χ1v) is 7.12. The van der Waals surface area contributed by atoms with E-state index in [-0.39, 0.29) is 11.6 Å². The molecule has 0 amide bonds. The number of aromatic nitrogens is 4. The molecule has 4 N–H and O–H groups in total. The minimum absolute atomic E-state index is 0.127. The Morgan fingerprint density at radius 2 is 1.87 bits per heavy atom. The minimum Gasteiger partial charge on any atom is -0.399 e. The van der Waals surface area contributed by atoms with E-state index >= 15 is 0 Å². The molecule has 114 valence electrons. The van der Waals surface area contributed by atoms with Gasteiger partial charge >= 0.3 is 5.69 Å². The van der Waals surface area contributed by atoms with Crippen molar-refractivity contribution in [2.75, 3.05) is 11.5 Å². The van der Waals surface area contributed by atoms with Gasteiger partial charge in [0.2, 0.25) is 5.95 Å². The Bertz CT molecular complexity index is 1090. The Hall–Kier alpha value is -3.35. The van der Waals surface area contributed by atoms with Gasteiger partial charge in [0.05, 0.1) is 12.1 Å². The second-order valence-electron chi connectivity index (χ2n) is 5.33. The number of para-hydroxylation sites is 1. The van der Waals surface area contributed by atoms with Gasteiger partial charge in [-0.15, -0.1) is 5.10 Å². The Morgan fingerprint density at radius 1 is 1.04 bits per heavy atom. The molecule has 0 spiro atoms. The predicted octanol–water partition coefficient (Wildman–Crippen LogP) is 1.26. The van der Waals surface area contributed by atoms with E-state index in [4.69, 9.17) is 11.5 Å². The highest BCUT2D eigenvalue weighted by Crippen LogP contribution is 2.18. The Kier molecular flexibility index (Phi) is 2.80. The summed E-state index contributed by atoms with van der Waals surface area (Å²) in [7, 11) is 0. The van der Waals surface area contributed by atoms with Crippen LogP contribution in [0.25, 0.3) is 16.6 Å². The number of nitrogens with zero attached hydrogens (tertiary/aromatic N) is 4. The van der Waals surface area contributed by atoms with Gasteiger partial charge in [-0.2, -0.15) is 0 Å². The first-order chi connectivity index (χ1) is 11.1. The maximum absolute atomic E-state index is 12.6. The van der Waals surface area contributed by atoms with E-state index in [1.165, 1.54) is 9.08 Å². The second-order valence-corrected chi connectivity index (χ2v) is 5.33. The topological polar surface area (TPSA) is 104 Å². The fourth-order valence-electron chi connectivity index (χ4n) is 2.69. The van der Waals surface area contributed by atoms with Crippen molar-refractivity contribution in [2.45, 2.75) is 6.54 Å². The largest absolute Gasteiger partial charge is 0.399 e. The Balaban J connectivity index is 1.95. The molecule has 0 atom stereocenters. The molecule has 7 heteroatoms. The zero-order chi connectivity index (χ0) is 16.0. The molecule has 7 nitrogen and oxygen atoms in total. The van der Waals surface area contributed by atoms with Gasteiger partial charge in [0.1, 0.15) is 0 Å². The lowest BCUT2D eigenvalue weighted by molar-refractivity contribution is 0.659. The third-order valence-electron chi connectivity index (χ3n) is 3.73. The van der Waals surface area contributed by atoms with Crippen LogP contribution in [0.4, 0.5) is 11.6 Å². The molecule has 0 aliphatic carbocycles. The van der Waals surface area contributed by atoms with Crippen molar-refractivity contribution in [2.24, 2.45) is 0 Å². The summed E-state index contributed by atoms with van der Waals surface area (Å²) in [4.78, 5) is 16.9. The molecule has 2 aromatic heterocycles. The van der Waals surface area contributed by atoms with Crippen molar-refractivity contribution in [3.8, 4) is 0 Å². The molecule has 0 unspecified atom stereocenters. The highest BCUT2D eigenvalue weighted by Gasteiger charge is 2.14. The van der Waals surface area contributed by atoms with E-state index in [1.54, 1.807) is 6.07 Å². The van der Waals surface area contributed by atoms with Crippen LogP contribution in [0.15, 0.2) is 53.3 Å². The van der Waals surface area contributed by atoms with Crippen LogP contribution in [0.2, 0.25) is 0 Å². The van der Waals surface area contributed by atoms with Crippen LogP contribution in [-0.2, 0) is 6.54 Å². The van der Waals surface area contributed by atoms with Gasteiger partial charge in [0, 0.05) is 11.1 Å². The van der Waals surface area contributed by atoms with Gasteiger partial charge in [-0.25, -0.2) is 18.9 Å². The van der Waals surface area contributed by atoms with E-state index < -0.39 is 0 Å². The Labute approximate surface area is 130 Å². The van der Waals surface area contributed by atoms with Crippen molar-refractivity contribution < 1.29 is 0 Å². The number of hydrogen-bond acceptors (Lipinski definition) is 5. The fourth-order valence-corrected chi connectivity index (χ4v) is 2.69. The zero-order valence-electron chi connectivity index (χ0n) is 12.2. The summed E-state index contributed by atoms with van der Waals surface area (Å²) >= 11 is 0. The van der Waals surface area contributed by atoms with E-state index in [0.29, 0.717) is 23.4 Å². The number of nitrogens with two attached hydrogens (primary N) is 2. The molecule has 0 saturated carbocycles. The first-order valence-electron chi connectivity index (χ1n) is 7.12. The molecule has 0 aliphatic heterocycles. The molecule has 23 heavy (non-hydrogen) atoms. The maximum atomic E-state index is 12.6.